The van der Waals surface area contributed by atoms with Crippen LogP contribution in [0.15, 0.2) is 85.3 Å². The Hall–Kier alpha value is -4.04. The fourth-order valence-electron chi connectivity index (χ4n) is 4.47. The summed E-state index contributed by atoms with van der Waals surface area (Å²) in [6.07, 6.45) is 5.43. The number of thiocarbonyl (C=S) groups is 1. The number of rotatable bonds is 5. The summed E-state index contributed by atoms with van der Waals surface area (Å²) >= 11 is 5.84. The minimum Gasteiger partial charge on any atom is -0.351 e. The summed E-state index contributed by atoms with van der Waals surface area (Å²) in [5.74, 6) is -0.107. The fourth-order valence-corrected chi connectivity index (χ4v) is 4.82. The Bertz CT molecular complexity index is 1320. The molecule has 2 atom stereocenters. The van der Waals surface area contributed by atoms with Gasteiger partial charge in [0, 0.05) is 42.1 Å². The molecule has 3 aromatic heterocycles. The summed E-state index contributed by atoms with van der Waals surface area (Å²) in [7, 11) is 0. The van der Waals surface area contributed by atoms with Crippen LogP contribution in [-0.2, 0) is 4.79 Å². The van der Waals surface area contributed by atoms with Gasteiger partial charge in [-0.15, -0.1) is 0 Å². The first-order valence-corrected chi connectivity index (χ1v) is 11.4. The summed E-state index contributed by atoms with van der Waals surface area (Å²) in [4.78, 5) is 22.5. The Balaban J connectivity index is 1.64. The van der Waals surface area contributed by atoms with Gasteiger partial charge in [-0.25, -0.2) is 0 Å². The minimum absolute atomic E-state index is 0.107. The highest BCUT2D eigenvalue weighted by Crippen LogP contribution is 2.42. The highest BCUT2D eigenvalue weighted by Gasteiger charge is 2.42. The first-order valence-electron chi connectivity index (χ1n) is 11.0. The Labute approximate surface area is 203 Å². The molecule has 7 nitrogen and oxygen atoms in total. The standard InChI is InChI=1S/C26H24N6OS/c1-17-8-13-23(31(17)21-6-5-14-27-16-21)25-24(22-7-3-4-15-28-22)30-26(34)32(25)20-11-9-19(10-12-20)29-18(2)33/h3-16,24-25H,1-2H3,(H,29,33)(H,30,34). The summed E-state index contributed by atoms with van der Waals surface area (Å²) in [5.41, 5.74) is 5.72. The van der Waals surface area contributed by atoms with E-state index in [1.807, 2.05) is 60.8 Å². The van der Waals surface area contributed by atoms with Crippen LogP contribution >= 0.6 is 12.2 Å². The molecular weight excluding hydrogens is 444 g/mol. The second-order valence-electron chi connectivity index (χ2n) is 8.17. The van der Waals surface area contributed by atoms with Crippen molar-refractivity contribution >= 4 is 34.6 Å². The third kappa shape index (κ3) is 4.04. The SMILES string of the molecule is CC(=O)Nc1ccc(N2C(=S)NC(c3ccccn3)C2c2ccc(C)n2-c2cccnc2)cc1. The van der Waals surface area contributed by atoms with E-state index in [0.29, 0.717) is 5.11 Å². The van der Waals surface area contributed by atoms with E-state index in [1.54, 1.807) is 12.4 Å². The van der Waals surface area contributed by atoms with Gasteiger partial charge in [0.2, 0.25) is 5.91 Å². The molecule has 1 saturated heterocycles. The van der Waals surface area contributed by atoms with E-state index in [4.69, 9.17) is 12.2 Å². The van der Waals surface area contributed by atoms with Crippen LogP contribution in [0.3, 0.4) is 0 Å². The number of nitrogens with one attached hydrogen (secondary N) is 2. The molecule has 0 spiro atoms. The number of aryl methyl sites for hydroxylation is 1. The topological polar surface area (TPSA) is 75.1 Å². The number of benzene rings is 1. The van der Waals surface area contributed by atoms with Crippen molar-refractivity contribution < 1.29 is 4.79 Å². The average molecular weight is 469 g/mol. The maximum Gasteiger partial charge on any atom is 0.221 e. The number of anilines is 2. The monoisotopic (exact) mass is 468 g/mol. The fraction of sp³-hybridized carbons (Fsp3) is 0.154. The van der Waals surface area contributed by atoms with Crippen LogP contribution in [0.4, 0.5) is 11.4 Å². The number of carbonyl (C=O) groups is 1. The second kappa shape index (κ2) is 9.07. The maximum absolute atomic E-state index is 11.5. The molecule has 0 saturated carbocycles. The Morgan fingerprint density at radius 1 is 1.00 bits per heavy atom. The third-order valence-electron chi connectivity index (χ3n) is 5.88. The quantitative estimate of drug-likeness (QED) is 0.413. The van der Waals surface area contributed by atoms with E-state index in [9.17, 15) is 4.79 Å². The zero-order chi connectivity index (χ0) is 23.7. The van der Waals surface area contributed by atoms with E-state index in [1.165, 1.54) is 6.92 Å². The van der Waals surface area contributed by atoms with Crippen molar-refractivity contribution in [2.24, 2.45) is 0 Å². The smallest absolute Gasteiger partial charge is 0.221 e. The summed E-state index contributed by atoms with van der Waals surface area (Å²) < 4.78 is 2.21. The molecule has 34 heavy (non-hydrogen) atoms. The molecule has 5 rings (SSSR count). The highest BCUT2D eigenvalue weighted by atomic mass is 32.1. The van der Waals surface area contributed by atoms with Gasteiger partial charge in [-0.1, -0.05) is 6.07 Å². The van der Waals surface area contributed by atoms with Crippen LogP contribution in [0, 0.1) is 6.92 Å². The first kappa shape index (κ1) is 21.8. The molecule has 1 aliphatic rings. The van der Waals surface area contributed by atoms with Gasteiger partial charge in [-0.2, -0.15) is 0 Å². The molecule has 1 fully saturated rings. The van der Waals surface area contributed by atoms with Crippen LogP contribution in [0.1, 0.15) is 36.1 Å². The van der Waals surface area contributed by atoms with Crippen molar-refractivity contribution in [3.8, 4) is 5.69 Å². The average Bonchev–Trinajstić information content (AvgIpc) is 3.39. The van der Waals surface area contributed by atoms with Crippen LogP contribution < -0.4 is 15.5 Å². The lowest BCUT2D eigenvalue weighted by atomic mass is 10.0. The van der Waals surface area contributed by atoms with Crippen molar-refractivity contribution in [3.63, 3.8) is 0 Å². The van der Waals surface area contributed by atoms with Gasteiger partial charge in [0.15, 0.2) is 5.11 Å². The van der Waals surface area contributed by atoms with Crippen molar-refractivity contribution in [3.05, 3.63) is 102 Å². The molecular formula is C26H24N6OS. The first-order chi connectivity index (χ1) is 16.5. The molecule has 170 valence electrons. The molecule has 1 aromatic carbocycles. The number of aromatic nitrogens is 3. The number of hydrogen-bond acceptors (Lipinski definition) is 4. The Kier molecular flexibility index (Phi) is 5.81. The van der Waals surface area contributed by atoms with E-state index < -0.39 is 0 Å². The van der Waals surface area contributed by atoms with Gasteiger partial charge in [0.05, 0.1) is 23.6 Å². The summed E-state index contributed by atoms with van der Waals surface area (Å²) in [5, 5.41) is 6.93. The number of carbonyl (C=O) groups excluding carboxylic acids is 1. The van der Waals surface area contributed by atoms with Gasteiger partial charge in [-0.3, -0.25) is 14.8 Å². The molecule has 8 heteroatoms. The van der Waals surface area contributed by atoms with Crippen LogP contribution in [0.25, 0.3) is 5.69 Å². The predicted octanol–water partition coefficient (Wildman–Crippen LogP) is 4.71. The zero-order valence-electron chi connectivity index (χ0n) is 18.8. The third-order valence-corrected chi connectivity index (χ3v) is 6.19. The van der Waals surface area contributed by atoms with Crippen molar-refractivity contribution in [1.29, 1.82) is 0 Å². The molecule has 0 bridgehead atoms. The van der Waals surface area contributed by atoms with Gasteiger partial charge in [-0.05, 0) is 79.8 Å². The summed E-state index contributed by atoms with van der Waals surface area (Å²) in [6.45, 7) is 3.58. The normalized spacial score (nSPS) is 17.5. The van der Waals surface area contributed by atoms with E-state index in [0.717, 1.165) is 34.1 Å². The van der Waals surface area contributed by atoms with E-state index in [-0.39, 0.29) is 18.0 Å². The van der Waals surface area contributed by atoms with Gasteiger partial charge >= 0.3 is 0 Å². The number of nitrogens with zero attached hydrogens (tertiary/aromatic N) is 4. The van der Waals surface area contributed by atoms with Gasteiger partial charge in [0.1, 0.15) is 6.04 Å². The van der Waals surface area contributed by atoms with E-state index >= 15 is 0 Å². The lowest BCUT2D eigenvalue weighted by molar-refractivity contribution is -0.114. The lowest BCUT2D eigenvalue weighted by Crippen LogP contribution is -2.30. The number of amides is 1. The molecule has 2 N–H and O–H groups in total. The molecule has 0 radical (unpaired) electrons. The molecule has 1 aliphatic heterocycles. The molecule has 4 heterocycles. The Morgan fingerprint density at radius 3 is 2.50 bits per heavy atom. The lowest BCUT2D eigenvalue weighted by Gasteiger charge is -2.29. The molecule has 4 aromatic rings. The van der Waals surface area contributed by atoms with Crippen LogP contribution in [-0.4, -0.2) is 25.6 Å². The van der Waals surface area contributed by atoms with E-state index in [2.05, 4.69) is 49.1 Å². The summed E-state index contributed by atoms with van der Waals surface area (Å²) in [6, 6.07) is 21.5. The molecule has 1 amide bonds. The molecule has 2 unspecified atom stereocenters. The van der Waals surface area contributed by atoms with Crippen LogP contribution in [0.2, 0.25) is 0 Å². The Morgan fingerprint density at radius 2 is 1.82 bits per heavy atom. The van der Waals surface area contributed by atoms with Gasteiger partial charge in [0.25, 0.3) is 0 Å². The van der Waals surface area contributed by atoms with Crippen molar-refractivity contribution in [2.75, 3.05) is 10.2 Å². The van der Waals surface area contributed by atoms with Crippen molar-refractivity contribution in [1.82, 2.24) is 19.9 Å². The van der Waals surface area contributed by atoms with Gasteiger partial charge < -0.3 is 20.1 Å². The highest BCUT2D eigenvalue weighted by molar-refractivity contribution is 7.80. The maximum atomic E-state index is 11.5. The second-order valence-corrected chi connectivity index (χ2v) is 8.56. The number of pyridine rings is 2. The molecule has 0 aliphatic carbocycles. The van der Waals surface area contributed by atoms with Crippen LogP contribution in [0.5, 0.6) is 0 Å². The number of hydrogen-bond donors (Lipinski definition) is 2. The minimum atomic E-state index is -0.164. The predicted molar refractivity (Wildman–Crippen MR) is 137 cm³/mol. The van der Waals surface area contributed by atoms with Crippen molar-refractivity contribution in [2.45, 2.75) is 25.9 Å². The zero-order valence-corrected chi connectivity index (χ0v) is 19.7. The largest absolute Gasteiger partial charge is 0.351 e.